The minimum Gasteiger partial charge on any atom is -0.394 e. The van der Waals surface area contributed by atoms with Gasteiger partial charge in [-0.3, -0.25) is 4.79 Å². The molecule has 1 aliphatic rings. The highest BCUT2D eigenvalue weighted by Crippen LogP contribution is 2.23. The lowest BCUT2D eigenvalue weighted by Gasteiger charge is -2.30. The zero-order valence-corrected chi connectivity index (χ0v) is 10.6. The van der Waals surface area contributed by atoms with Gasteiger partial charge in [-0.15, -0.1) is 0 Å². The van der Waals surface area contributed by atoms with Crippen molar-refractivity contribution in [1.82, 2.24) is 4.90 Å². The Hall–Kier alpha value is -0.610. The van der Waals surface area contributed by atoms with Crippen LogP contribution in [0.1, 0.15) is 40.0 Å². The summed E-state index contributed by atoms with van der Waals surface area (Å²) in [6.45, 7) is 6.95. The van der Waals surface area contributed by atoms with Crippen molar-refractivity contribution in [1.29, 1.82) is 0 Å². The molecule has 0 aromatic rings. The summed E-state index contributed by atoms with van der Waals surface area (Å²) in [5, 5.41) is 9.15. The minimum absolute atomic E-state index is 0.0136. The number of nitrogens with two attached hydrogens (primary N) is 1. The number of aliphatic hydroxyl groups excluding tert-OH is 1. The standard InChI is InChI=1S/C12H24N2O2/c1-12(2,3)10(13)7-11(16)14-6-4-5-9(14)8-15/h9-10,15H,4-8,13H2,1-3H3. The Morgan fingerprint density at radius 3 is 2.69 bits per heavy atom. The molecule has 2 unspecified atom stereocenters. The first-order chi connectivity index (χ1) is 7.36. The van der Waals surface area contributed by atoms with E-state index in [2.05, 4.69) is 0 Å². The molecular formula is C12H24N2O2. The van der Waals surface area contributed by atoms with Crippen LogP contribution < -0.4 is 5.73 Å². The average Bonchev–Trinajstić information content (AvgIpc) is 2.63. The topological polar surface area (TPSA) is 66.6 Å². The molecule has 0 aromatic heterocycles. The van der Waals surface area contributed by atoms with E-state index in [9.17, 15) is 4.79 Å². The Labute approximate surface area is 97.8 Å². The second-order valence-electron chi connectivity index (χ2n) is 5.74. The Balaban J connectivity index is 2.52. The Kier molecular flexibility index (Phi) is 4.33. The van der Waals surface area contributed by atoms with E-state index in [1.807, 2.05) is 20.8 Å². The molecule has 16 heavy (non-hydrogen) atoms. The van der Waals surface area contributed by atoms with E-state index < -0.39 is 0 Å². The van der Waals surface area contributed by atoms with Crippen molar-refractivity contribution >= 4 is 5.91 Å². The second-order valence-corrected chi connectivity index (χ2v) is 5.74. The maximum atomic E-state index is 12.0. The van der Waals surface area contributed by atoms with Crippen LogP contribution >= 0.6 is 0 Å². The molecule has 1 amide bonds. The predicted octanol–water partition coefficient (Wildman–Crippen LogP) is 0.733. The number of nitrogens with zero attached hydrogens (tertiary/aromatic N) is 1. The largest absolute Gasteiger partial charge is 0.394 e. The third-order valence-electron chi connectivity index (χ3n) is 3.42. The maximum Gasteiger partial charge on any atom is 0.224 e. The van der Waals surface area contributed by atoms with Crippen LogP contribution in [0.15, 0.2) is 0 Å². The lowest BCUT2D eigenvalue weighted by molar-refractivity contribution is -0.133. The number of likely N-dealkylation sites (tertiary alicyclic amines) is 1. The quantitative estimate of drug-likeness (QED) is 0.748. The summed E-state index contributed by atoms with van der Waals surface area (Å²) in [7, 11) is 0. The molecule has 4 heteroatoms. The smallest absolute Gasteiger partial charge is 0.224 e. The molecule has 3 N–H and O–H groups in total. The highest BCUT2D eigenvalue weighted by atomic mass is 16.3. The summed E-state index contributed by atoms with van der Waals surface area (Å²) in [5.74, 6) is 0.0824. The molecular weight excluding hydrogens is 204 g/mol. The van der Waals surface area contributed by atoms with Crippen LogP contribution in [-0.2, 0) is 4.79 Å². The summed E-state index contributed by atoms with van der Waals surface area (Å²) >= 11 is 0. The monoisotopic (exact) mass is 228 g/mol. The zero-order valence-electron chi connectivity index (χ0n) is 10.6. The number of carbonyl (C=O) groups excluding carboxylic acids is 1. The Morgan fingerprint density at radius 1 is 1.56 bits per heavy atom. The molecule has 1 aliphatic heterocycles. The number of hydrogen-bond donors (Lipinski definition) is 2. The van der Waals surface area contributed by atoms with Gasteiger partial charge >= 0.3 is 0 Å². The predicted molar refractivity (Wildman–Crippen MR) is 63.9 cm³/mol. The molecule has 0 aromatic carbocycles. The number of aliphatic hydroxyl groups is 1. The molecule has 1 heterocycles. The lowest BCUT2D eigenvalue weighted by atomic mass is 9.85. The van der Waals surface area contributed by atoms with E-state index in [0.717, 1.165) is 19.4 Å². The summed E-state index contributed by atoms with van der Waals surface area (Å²) in [4.78, 5) is 13.8. The van der Waals surface area contributed by atoms with Gasteiger partial charge in [-0.1, -0.05) is 20.8 Å². The van der Waals surface area contributed by atoms with Crippen molar-refractivity contribution in [2.45, 2.75) is 52.1 Å². The molecule has 94 valence electrons. The first-order valence-corrected chi connectivity index (χ1v) is 6.02. The summed E-state index contributed by atoms with van der Waals surface area (Å²) < 4.78 is 0. The average molecular weight is 228 g/mol. The molecule has 1 fully saturated rings. The highest BCUT2D eigenvalue weighted by molar-refractivity contribution is 5.77. The molecule has 1 saturated heterocycles. The van der Waals surface area contributed by atoms with Crippen molar-refractivity contribution in [3.8, 4) is 0 Å². The molecule has 0 spiro atoms. The van der Waals surface area contributed by atoms with Gasteiger partial charge in [-0.2, -0.15) is 0 Å². The first kappa shape index (κ1) is 13.5. The van der Waals surface area contributed by atoms with E-state index in [1.54, 1.807) is 4.90 Å². The van der Waals surface area contributed by atoms with E-state index >= 15 is 0 Å². The summed E-state index contributed by atoms with van der Waals surface area (Å²) in [6, 6.07) is -0.111. The molecule has 0 saturated carbocycles. The molecule has 2 atom stereocenters. The lowest BCUT2D eigenvalue weighted by Crippen LogP contribution is -2.44. The number of carbonyl (C=O) groups is 1. The van der Waals surface area contributed by atoms with Crippen molar-refractivity contribution in [2.24, 2.45) is 11.1 Å². The SMILES string of the molecule is CC(C)(C)C(N)CC(=O)N1CCCC1CO. The molecule has 4 nitrogen and oxygen atoms in total. The van der Waals surface area contributed by atoms with E-state index in [-0.39, 0.29) is 30.0 Å². The number of hydrogen-bond acceptors (Lipinski definition) is 3. The third kappa shape index (κ3) is 3.19. The first-order valence-electron chi connectivity index (χ1n) is 6.02. The summed E-state index contributed by atoms with van der Waals surface area (Å²) in [5.41, 5.74) is 5.94. The van der Waals surface area contributed by atoms with Crippen LogP contribution in [0.25, 0.3) is 0 Å². The van der Waals surface area contributed by atoms with Gasteiger partial charge in [0.2, 0.25) is 5.91 Å². The van der Waals surface area contributed by atoms with E-state index in [1.165, 1.54) is 0 Å². The van der Waals surface area contributed by atoms with Crippen LogP contribution in [0.2, 0.25) is 0 Å². The normalized spacial score (nSPS) is 23.6. The van der Waals surface area contributed by atoms with Crippen LogP contribution in [0.3, 0.4) is 0 Å². The molecule has 0 bridgehead atoms. The fourth-order valence-corrected chi connectivity index (χ4v) is 1.97. The third-order valence-corrected chi connectivity index (χ3v) is 3.42. The van der Waals surface area contributed by atoms with Gasteiger partial charge < -0.3 is 15.7 Å². The number of rotatable bonds is 3. The number of amides is 1. The maximum absolute atomic E-state index is 12.0. The molecule has 0 aliphatic carbocycles. The van der Waals surface area contributed by atoms with Gasteiger partial charge in [0, 0.05) is 19.0 Å². The molecule has 0 radical (unpaired) electrons. The van der Waals surface area contributed by atoms with Crippen LogP contribution in [0.4, 0.5) is 0 Å². The fourth-order valence-electron chi connectivity index (χ4n) is 1.97. The summed E-state index contributed by atoms with van der Waals surface area (Å²) in [6.07, 6.45) is 2.27. The van der Waals surface area contributed by atoms with Gasteiger partial charge in [0.1, 0.15) is 0 Å². The van der Waals surface area contributed by atoms with Crippen molar-refractivity contribution in [3.05, 3.63) is 0 Å². The Morgan fingerprint density at radius 2 is 2.19 bits per heavy atom. The highest BCUT2D eigenvalue weighted by Gasteiger charge is 2.31. The molecule has 1 rings (SSSR count). The van der Waals surface area contributed by atoms with Gasteiger partial charge in [-0.25, -0.2) is 0 Å². The van der Waals surface area contributed by atoms with Gasteiger partial charge in [0.25, 0.3) is 0 Å². The van der Waals surface area contributed by atoms with Crippen LogP contribution in [0.5, 0.6) is 0 Å². The Bertz CT molecular complexity index is 248. The van der Waals surface area contributed by atoms with Gasteiger partial charge in [0.05, 0.1) is 12.6 Å². The van der Waals surface area contributed by atoms with Gasteiger partial charge in [-0.05, 0) is 18.3 Å². The zero-order chi connectivity index (χ0) is 12.3. The fraction of sp³-hybridized carbons (Fsp3) is 0.917. The van der Waals surface area contributed by atoms with Crippen LogP contribution in [-0.4, -0.2) is 41.1 Å². The van der Waals surface area contributed by atoms with E-state index in [4.69, 9.17) is 10.8 Å². The van der Waals surface area contributed by atoms with Crippen molar-refractivity contribution < 1.29 is 9.90 Å². The minimum atomic E-state index is -0.125. The van der Waals surface area contributed by atoms with Gasteiger partial charge in [0.15, 0.2) is 0 Å². The van der Waals surface area contributed by atoms with Crippen molar-refractivity contribution in [3.63, 3.8) is 0 Å². The second kappa shape index (κ2) is 5.15. The van der Waals surface area contributed by atoms with Crippen molar-refractivity contribution in [2.75, 3.05) is 13.2 Å². The van der Waals surface area contributed by atoms with Crippen LogP contribution in [0, 0.1) is 5.41 Å². The van der Waals surface area contributed by atoms with E-state index in [0.29, 0.717) is 6.42 Å².